The van der Waals surface area contributed by atoms with Gasteiger partial charge < -0.3 is 0 Å². The summed E-state index contributed by atoms with van der Waals surface area (Å²) in [5.74, 6) is 0.860. The molecule has 0 N–H and O–H groups in total. The second kappa shape index (κ2) is 5.81. The van der Waals surface area contributed by atoms with E-state index in [-0.39, 0.29) is 0 Å². The molecule has 0 aliphatic rings. The first kappa shape index (κ1) is 12.8. The molecule has 0 nitrogen and oxygen atoms in total. The molecule has 0 saturated heterocycles. The van der Waals surface area contributed by atoms with Crippen LogP contribution in [0.4, 0.5) is 0 Å². The lowest BCUT2D eigenvalue weighted by Gasteiger charge is -2.05. The molecule has 0 bridgehead atoms. The van der Waals surface area contributed by atoms with Crippen molar-refractivity contribution in [3.63, 3.8) is 0 Å². The second-order valence-electron chi connectivity index (χ2n) is 3.84. The van der Waals surface area contributed by atoms with Crippen molar-refractivity contribution < 1.29 is 0 Å². The van der Waals surface area contributed by atoms with Gasteiger partial charge in [-0.1, -0.05) is 47.0 Å². The molecule has 88 valence electrons. The first-order chi connectivity index (χ1) is 8.15. The SMILES string of the molecule is Cc1ccc(SCc2ccc(Cl)cc2Cl)cc1. The third-order valence-electron chi connectivity index (χ3n) is 2.43. The van der Waals surface area contributed by atoms with E-state index in [0.29, 0.717) is 5.02 Å². The van der Waals surface area contributed by atoms with Gasteiger partial charge in [-0.05, 0) is 36.8 Å². The fourth-order valence-electron chi connectivity index (χ4n) is 1.43. The Morgan fingerprint density at radius 1 is 1.00 bits per heavy atom. The highest BCUT2D eigenvalue weighted by atomic mass is 35.5. The molecule has 0 heterocycles. The van der Waals surface area contributed by atoms with E-state index in [1.807, 2.05) is 12.1 Å². The first-order valence-electron chi connectivity index (χ1n) is 5.28. The van der Waals surface area contributed by atoms with E-state index in [1.54, 1.807) is 17.8 Å². The zero-order valence-electron chi connectivity index (χ0n) is 9.41. The molecule has 2 aromatic rings. The van der Waals surface area contributed by atoms with Crippen molar-refractivity contribution in [2.24, 2.45) is 0 Å². The highest BCUT2D eigenvalue weighted by Crippen LogP contribution is 2.28. The summed E-state index contributed by atoms with van der Waals surface area (Å²) >= 11 is 13.8. The lowest BCUT2D eigenvalue weighted by Crippen LogP contribution is -1.83. The first-order valence-corrected chi connectivity index (χ1v) is 7.03. The van der Waals surface area contributed by atoms with Gasteiger partial charge in [-0.2, -0.15) is 0 Å². The maximum Gasteiger partial charge on any atom is 0.0461 e. The van der Waals surface area contributed by atoms with E-state index in [0.717, 1.165) is 16.3 Å². The Morgan fingerprint density at radius 2 is 1.71 bits per heavy atom. The molecule has 17 heavy (non-hydrogen) atoms. The van der Waals surface area contributed by atoms with E-state index in [4.69, 9.17) is 23.2 Å². The van der Waals surface area contributed by atoms with Crippen LogP contribution < -0.4 is 0 Å². The Morgan fingerprint density at radius 3 is 2.35 bits per heavy atom. The molecular formula is C14H12Cl2S. The number of rotatable bonds is 3. The second-order valence-corrected chi connectivity index (χ2v) is 5.73. The number of benzene rings is 2. The molecule has 0 aliphatic carbocycles. The molecule has 3 heteroatoms. The summed E-state index contributed by atoms with van der Waals surface area (Å²) in [7, 11) is 0. The summed E-state index contributed by atoms with van der Waals surface area (Å²) in [5, 5.41) is 1.41. The molecule has 2 rings (SSSR count). The lowest BCUT2D eigenvalue weighted by molar-refractivity contribution is 1.35. The van der Waals surface area contributed by atoms with Crippen molar-refractivity contribution in [2.45, 2.75) is 17.6 Å². The number of halogens is 2. The van der Waals surface area contributed by atoms with Crippen LogP contribution in [0.1, 0.15) is 11.1 Å². The van der Waals surface area contributed by atoms with Gasteiger partial charge >= 0.3 is 0 Å². The fraction of sp³-hybridized carbons (Fsp3) is 0.143. The van der Waals surface area contributed by atoms with Crippen molar-refractivity contribution in [2.75, 3.05) is 0 Å². The standard InChI is InChI=1S/C14H12Cl2S/c1-10-2-6-13(7-3-10)17-9-11-4-5-12(15)8-14(11)16/h2-8H,9H2,1H3. The Hall–Kier alpha value is -0.630. The van der Waals surface area contributed by atoms with Gasteiger partial charge in [0, 0.05) is 20.7 Å². The number of aryl methyl sites for hydroxylation is 1. The van der Waals surface area contributed by atoms with Crippen LogP contribution in [0.15, 0.2) is 47.4 Å². The third-order valence-corrected chi connectivity index (χ3v) is 4.08. The van der Waals surface area contributed by atoms with Crippen molar-refractivity contribution >= 4 is 35.0 Å². The molecular weight excluding hydrogens is 271 g/mol. The van der Waals surface area contributed by atoms with Crippen LogP contribution >= 0.6 is 35.0 Å². The summed E-state index contributed by atoms with van der Waals surface area (Å²) in [4.78, 5) is 1.25. The maximum absolute atomic E-state index is 6.12. The molecule has 0 aliphatic heterocycles. The molecule has 0 aromatic heterocycles. The van der Waals surface area contributed by atoms with Crippen LogP contribution in [-0.2, 0) is 5.75 Å². The van der Waals surface area contributed by atoms with E-state index < -0.39 is 0 Å². The van der Waals surface area contributed by atoms with Gasteiger partial charge in [-0.25, -0.2) is 0 Å². The van der Waals surface area contributed by atoms with Gasteiger partial charge in [0.1, 0.15) is 0 Å². The van der Waals surface area contributed by atoms with Gasteiger partial charge in [-0.3, -0.25) is 0 Å². The van der Waals surface area contributed by atoms with E-state index in [2.05, 4.69) is 31.2 Å². The molecule has 2 aromatic carbocycles. The van der Waals surface area contributed by atoms with Crippen molar-refractivity contribution in [3.05, 3.63) is 63.6 Å². The summed E-state index contributed by atoms with van der Waals surface area (Å²) < 4.78 is 0. The Labute approximate surface area is 116 Å². The predicted octanol–water partition coefficient (Wildman–Crippen LogP) is 5.59. The van der Waals surface area contributed by atoms with Gasteiger partial charge in [0.05, 0.1) is 0 Å². The van der Waals surface area contributed by atoms with Crippen molar-refractivity contribution in [1.29, 1.82) is 0 Å². The molecule has 0 amide bonds. The van der Waals surface area contributed by atoms with Gasteiger partial charge in [-0.15, -0.1) is 11.8 Å². The van der Waals surface area contributed by atoms with Crippen LogP contribution in [0.25, 0.3) is 0 Å². The Balaban J connectivity index is 2.04. The minimum absolute atomic E-state index is 0.680. The average Bonchev–Trinajstić information content (AvgIpc) is 2.30. The van der Waals surface area contributed by atoms with Crippen LogP contribution in [-0.4, -0.2) is 0 Å². The van der Waals surface area contributed by atoms with E-state index in [1.165, 1.54) is 10.5 Å². The summed E-state index contributed by atoms with van der Waals surface area (Å²) in [5.41, 5.74) is 2.39. The normalized spacial score (nSPS) is 10.5. The highest BCUT2D eigenvalue weighted by molar-refractivity contribution is 7.98. The third kappa shape index (κ3) is 3.67. The van der Waals surface area contributed by atoms with Crippen LogP contribution in [0.2, 0.25) is 10.0 Å². The number of hydrogen-bond acceptors (Lipinski definition) is 1. The molecule has 0 radical (unpaired) electrons. The zero-order chi connectivity index (χ0) is 12.3. The van der Waals surface area contributed by atoms with Gasteiger partial charge in [0.15, 0.2) is 0 Å². The Bertz CT molecular complexity index is 506. The number of hydrogen-bond donors (Lipinski definition) is 0. The molecule has 0 unspecified atom stereocenters. The van der Waals surface area contributed by atoms with Crippen molar-refractivity contribution in [3.8, 4) is 0 Å². The van der Waals surface area contributed by atoms with Crippen LogP contribution in [0.3, 0.4) is 0 Å². The maximum atomic E-state index is 6.12. The smallest absolute Gasteiger partial charge is 0.0461 e. The molecule has 0 atom stereocenters. The molecule has 0 spiro atoms. The molecule has 0 fully saturated rings. The Kier molecular flexibility index (Phi) is 4.38. The fourth-order valence-corrected chi connectivity index (χ4v) is 2.89. The van der Waals surface area contributed by atoms with Crippen LogP contribution in [0.5, 0.6) is 0 Å². The lowest BCUT2D eigenvalue weighted by atomic mass is 10.2. The minimum Gasteiger partial charge on any atom is -0.121 e. The topological polar surface area (TPSA) is 0 Å². The average molecular weight is 283 g/mol. The molecule has 0 saturated carbocycles. The number of thioether (sulfide) groups is 1. The van der Waals surface area contributed by atoms with E-state index in [9.17, 15) is 0 Å². The minimum atomic E-state index is 0.680. The predicted molar refractivity (Wildman–Crippen MR) is 77.2 cm³/mol. The van der Waals surface area contributed by atoms with Crippen LogP contribution in [0, 0.1) is 6.92 Å². The van der Waals surface area contributed by atoms with E-state index >= 15 is 0 Å². The highest BCUT2D eigenvalue weighted by Gasteiger charge is 2.02. The van der Waals surface area contributed by atoms with Crippen molar-refractivity contribution in [1.82, 2.24) is 0 Å². The monoisotopic (exact) mass is 282 g/mol. The summed E-state index contributed by atoms with van der Waals surface area (Å²) in [6, 6.07) is 14.1. The zero-order valence-corrected chi connectivity index (χ0v) is 11.7. The summed E-state index contributed by atoms with van der Waals surface area (Å²) in [6.45, 7) is 2.09. The van der Waals surface area contributed by atoms with Gasteiger partial charge in [0.25, 0.3) is 0 Å². The summed E-state index contributed by atoms with van der Waals surface area (Å²) in [6.07, 6.45) is 0. The quantitative estimate of drug-likeness (QED) is 0.661. The van der Waals surface area contributed by atoms with Gasteiger partial charge in [0.2, 0.25) is 0 Å². The largest absolute Gasteiger partial charge is 0.121 e.